The molecule has 1 atom stereocenters. The largest absolute Gasteiger partial charge is 0.478 e. The normalized spacial score (nSPS) is 19.5. The number of carboxylic acid groups (broad SMARTS) is 1. The lowest BCUT2D eigenvalue weighted by molar-refractivity contribution is 0.0697. The van der Waals surface area contributed by atoms with E-state index in [1.165, 1.54) is 12.1 Å². The molecule has 1 heterocycles. The quantitative estimate of drug-likeness (QED) is 0.732. The smallest absolute Gasteiger partial charge is 0.337 e. The zero-order chi connectivity index (χ0) is 15.6. The van der Waals surface area contributed by atoms with Gasteiger partial charge in [0, 0.05) is 19.7 Å². The predicted octanol–water partition coefficient (Wildman–Crippen LogP) is 0.241. The Balaban J connectivity index is 2.41. The lowest BCUT2D eigenvalue weighted by Gasteiger charge is -2.34. The van der Waals surface area contributed by atoms with Gasteiger partial charge < -0.3 is 15.1 Å². The maximum Gasteiger partial charge on any atom is 0.337 e. The molecule has 0 spiro atoms. The van der Waals surface area contributed by atoms with E-state index in [9.17, 15) is 23.4 Å². The Labute approximate surface area is 123 Å². The van der Waals surface area contributed by atoms with Crippen molar-refractivity contribution < 1.29 is 23.4 Å². The summed E-state index contributed by atoms with van der Waals surface area (Å²) in [5, 5.41) is 23.6. The minimum atomic E-state index is -3.94. The van der Waals surface area contributed by atoms with Crippen LogP contribution in [0.2, 0.25) is 0 Å². The van der Waals surface area contributed by atoms with Gasteiger partial charge in [-0.1, -0.05) is 0 Å². The van der Waals surface area contributed by atoms with Crippen LogP contribution >= 0.6 is 0 Å². The van der Waals surface area contributed by atoms with Crippen LogP contribution in [0.25, 0.3) is 0 Å². The van der Waals surface area contributed by atoms with Crippen molar-refractivity contribution in [3.63, 3.8) is 0 Å². The lowest BCUT2D eigenvalue weighted by atomic mass is 9.97. The molecule has 116 valence electrons. The highest BCUT2D eigenvalue weighted by molar-refractivity contribution is 7.89. The van der Waals surface area contributed by atoms with Gasteiger partial charge in [-0.15, -0.1) is 0 Å². The molecule has 0 amide bonds. The third-order valence-corrected chi connectivity index (χ3v) is 4.56. The monoisotopic (exact) mass is 314 g/mol. The average molecular weight is 314 g/mol. The van der Waals surface area contributed by atoms with E-state index in [4.69, 9.17) is 5.14 Å². The summed E-state index contributed by atoms with van der Waals surface area (Å²) in [5.41, 5.74) is 0.355. The van der Waals surface area contributed by atoms with Crippen LogP contribution in [0.15, 0.2) is 23.1 Å². The molecule has 0 radical (unpaired) electrons. The molecule has 1 aliphatic rings. The second-order valence-corrected chi connectivity index (χ2v) is 6.73. The van der Waals surface area contributed by atoms with Gasteiger partial charge in [0.05, 0.1) is 16.1 Å². The lowest BCUT2D eigenvalue weighted by Crippen LogP contribution is -2.37. The van der Waals surface area contributed by atoms with E-state index in [0.717, 1.165) is 18.9 Å². The number of carboxylic acids is 1. The Hall–Kier alpha value is -1.64. The molecular formula is C13H18N2O5S. The van der Waals surface area contributed by atoms with Gasteiger partial charge in [-0.05, 0) is 37.0 Å². The topological polar surface area (TPSA) is 121 Å². The number of aliphatic hydroxyl groups excluding tert-OH is 1. The average Bonchev–Trinajstić information content (AvgIpc) is 2.45. The second-order valence-electron chi connectivity index (χ2n) is 5.17. The SMILES string of the molecule is NS(=O)(=O)c1ccc(N2CCCC(CO)C2)c(C(=O)O)c1. The number of nitrogens with two attached hydrogens (primary N) is 1. The number of aromatic carboxylic acids is 1. The first-order valence-corrected chi connectivity index (χ1v) is 8.13. The first-order valence-electron chi connectivity index (χ1n) is 6.59. The third-order valence-electron chi connectivity index (χ3n) is 3.64. The number of piperidine rings is 1. The first kappa shape index (κ1) is 15.7. The zero-order valence-corrected chi connectivity index (χ0v) is 12.2. The maximum atomic E-state index is 11.4. The molecule has 1 aromatic rings. The van der Waals surface area contributed by atoms with Gasteiger partial charge in [0.15, 0.2) is 0 Å². The summed E-state index contributed by atoms with van der Waals surface area (Å²) >= 11 is 0. The molecule has 1 aromatic carbocycles. The summed E-state index contributed by atoms with van der Waals surface area (Å²) in [6.45, 7) is 1.27. The highest BCUT2D eigenvalue weighted by Crippen LogP contribution is 2.28. The van der Waals surface area contributed by atoms with Crippen LogP contribution in [0, 0.1) is 5.92 Å². The standard InChI is InChI=1S/C13H18N2O5S/c14-21(19,20)10-3-4-12(11(6-10)13(17)18)15-5-1-2-9(7-15)8-16/h3-4,6,9,16H,1-2,5,7-8H2,(H,17,18)(H2,14,19,20). The Morgan fingerprint density at radius 1 is 1.43 bits per heavy atom. The molecule has 8 heteroatoms. The van der Waals surface area contributed by atoms with E-state index in [1.807, 2.05) is 4.90 Å². The van der Waals surface area contributed by atoms with Gasteiger partial charge in [-0.2, -0.15) is 0 Å². The van der Waals surface area contributed by atoms with E-state index in [2.05, 4.69) is 0 Å². The molecular weight excluding hydrogens is 296 g/mol. The number of aliphatic hydroxyl groups is 1. The van der Waals surface area contributed by atoms with Crippen LogP contribution in [-0.4, -0.2) is 44.3 Å². The van der Waals surface area contributed by atoms with E-state index in [-0.39, 0.29) is 23.0 Å². The van der Waals surface area contributed by atoms with Crippen molar-refractivity contribution >= 4 is 21.7 Å². The van der Waals surface area contributed by atoms with Gasteiger partial charge in [0.1, 0.15) is 0 Å². The number of anilines is 1. The molecule has 1 unspecified atom stereocenters. The van der Waals surface area contributed by atoms with E-state index in [1.54, 1.807) is 0 Å². The molecule has 2 rings (SSSR count). The highest BCUT2D eigenvalue weighted by Gasteiger charge is 2.24. The number of sulfonamides is 1. The minimum Gasteiger partial charge on any atom is -0.478 e. The summed E-state index contributed by atoms with van der Waals surface area (Å²) < 4.78 is 22.7. The number of primary sulfonamides is 1. The molecule has 1 saturated heterocycles. The van der Waals surface area contributed by atoms with Crippen LogP contribution in [0.5, 0.6) is 0 Å². The van der Waals surface area contributed by atoms with Crippen LogP contribution in [0.1, 0.15) is 23.2 Å². The van der Waals surface area contributed by atoms with Crippen molar-refractivity contribution in [2.45, 2.75) is 17.7 Å². The van der Waals surface area contributed by atoms with Crippen molar-refractivity contribution in [3.05, 3.63) is 23.8 Å². The summed E-state index contributed by atoms with van der Waals surface area (Å²) in [6, 6.07) is 3.85. The maximum absolute atomic E-state index is 11.4. The van der Waals surface area contributed by atoms with Crippen molar-refractivity contribution in [2.75, 3.05) is 24.6 Å². The van der Waals surface area contributed by atoms with E-state index in [0.29, 0.717) is 18.8 Å². The minimum absolute atomic E-state index is 0.0498. The Morgan fingerprint density at radius 2 is 2.14 bits per heavy atom. The van der Waals surface area contributed by atoms with Crippen molar-refractivity contribution in [1.29, 1.82) is 0 Å². The fraction of sp³-hybridized carbons (Fsp3) is 0.462. The number of nitrogens with zero attached hydrogens (tertiary/aromatic N) is 1. The van der Waals surface area contributed by atoms with E-state index < -0.39 is 16.0 Å². The van der Waals surface area contributed by atoms with Crippen molar-refractivity contribution in [3.8, 4) is 0 Å². The molecule has 0 saturated carbocycles. The molecule has 0 bridgehead atoms. The highest BCUT2D eigenvalue weighted by atomic mass is 32.2. The zero-order valence-electron chi connectivity index (χ0n) is 11.4. The molecule has 4 N–H and O–H groups in total. The molecule has 1 aliphatic heterocycles. The van der Waals surface area contributed by atoms with Crippen LogP contribution < -0.4 is 10.0 Å². The predicted molar refractivity (Wildman–Crippen MR) is 76.8 cm³/mol. The van der Waals surface area contributed by atoms with Crippen molar-refractivity contribution in [2.24, 2.45) is 11.1 Å². The van der Waals surface area contributed by atoms with Crippen LogP contribution in [0.4, 0.5) is 5.69 Å². The van der Waals surface area contributed by atoms with Gasteiger partial charge in [0.2, 0.25) is 10.0 Å². The number of hydrogen-bond acceptors (Lipinski definition) is 5. The first-order chi connectivity index (χ1) is 9.82. The molecule has 0 aliphatic carbocycles. The summed E-state index contributed by atoms with van der Waals surface area (Å²) in [4.78, 5) is 13.0. The van der Waals surface area contributed by atoms with Crippen LogP contribution in [0.3, 0.4) is 0 Å². The summed E-state index contributed by atoms with van der Waals surface area (Å²) in [5.74, 6) is -1.11. The third kappa shape index (κ3) is 3.52. The molecule has 21 heavy (non-hydrogen) atoms. The second kappa shape index (κ2) is 6.00. The van der Waals surface area contributed by atoms with Gasteiger partial charge in [-0.3, -0.25) is 0 Å². The number of carbonyl (C=O) groups is 1. The number of rotatable bonds is 4. The molecule has 7 nitrogen and oxygen atoms in total. The number of hydrogen-bond donors (Lipinski definition) is 3. The van der Waals surface area contributed by atoms with Gasteiger partial charge >= 0.3 is 5.97 Å². The number of benzene rings is 1. The Morgan fingerprint density at radius 3 is 2.71 bits per heavy atom. The fourth-order valence-electron chi connectivity index (χ4n) is 2.57. The molecule has 1 fully saturated rings. The summed E-state index contributed by atoms with van der Waals surface area (Å²) in [7, 11) is -3.94. The van der Waals surface area contributed by atoms with E-state index >= 15 is 0 Å². The van der Waals surface area contributed by atoms with Gasteiger partial charge in [-0.25, -0.2) is 18.4 Å². The van der Waals surface area contributed by atoms with Crippen molar-refractivity contribution in [1.82, 2.24) is 0 Å². The Kier molecular flexibility index (Phi) is 4.50. The van der Waals surface area contributed by atoms with Crippen LogP contribution in [-0.2, 0) is 10.0 Å². The summed E-state index contributed by atoms with van der Waals surface area (Å²) in [6.07, 6.45) is 1.74. The van der Waals surface area contributed by atoms with Gasteiger partial charge in [0.25, 0.3) is 0 Å². The Bertz CT molecular complexity index is 644. The fourth-order valence-corrected chi connectivity index (χ4v) is 3.11. The molecule has 0 aromatic heterocycles.